The highest BCUT2D eigenvalue weighted by Crippen LogP contribution is 2.31. The van der Waals surface area contributed by atoms with E-state index < -0.39 is 23.8 Å². The van der Waals surface area contributed by atoms with E-state index in [-0.39, 0.29) is 23.8 Å². The molecule has 7 nitrogen and oxygen atoms in total. The van der Waals surface area contributed by atoms with E-state index in [9.17, 15) is 14.4 Å². The van der Waals surface area contributed by atoms with Crippen molar-refractivity contribution in [2.24, 2.45) is 11.8 Å². The highest BCUT2D eigenvalue weighted by Gasteiger charge is 2.40. The summed E-state index contributed by atoms with van der Waals surface area (Å²) in [5.74, 6) is -0.393. The van der Waals surface area contributed by atoms with Gasteiger partial charge in [-0.2, -0.15) is 0 Å². The van der Waals surface area contributed by atoms with Crippen molar-refractivity contribution in [1.29, 1.82) is 0 Å². The number of aryl methyl sites for hydroxylation is 1. The van der Waals surface area contributed by atoms with E-state index in [4.69, 9.17) is 4.74 Å². The molecule has 3 aromatic carbocycles. The predicted octanol–water partition coefficient (Wildman–Crippen LogP) is 8.42. The third-order valence-electron chi connectivity index (χ3n) is 7.98. The van der Waals surface area contributed by atoms with Crippen LogP contribution in [0.25, 0.3) is 10.8 Å². The maximum atomic E-state index is 14.7. The number of fused-ring (bicyclic) bond motifs is 1. The Bertz CT molecular complexity index is 1410. The molecule has 0 heterocycles. The van der Waals surface area contributed by atoms with Crippen LogP contribution in [0.3, 0.4) is 0 Å². The zero-order chi connectivity index (χ0) is 32.6. The van der Waals surface area contributed by atoms with Gasteiger partial charge in [0, 0.05) is 11.7 Å². The zero-order valence-corrected chi connectivity index (χ0v) is 27.9. The molecule has 238 valence electrons. The van der Waals surface area contributed by atoms with E-state index in [1.54, 1.807) is 25.7 Å². The Hall–Kier alpha value is -3.87. The van der Waals surface area contributed by atoms with Crippen LogP contribution >= 0.6 is 0 Å². The molecule has 0 aromatic heterocycles. The third kappa shape index (κ3) is 9.57. The van der Waals surface area contributed by atoms with Crippen LogP contribution in [0.2, 0.25) is 0 Å². The summed E-state index contributed by atoms with van der Waals surface area (Å²) in [6.07, 6.45) is 1.58. The van der Waals surface area contributed by atoms with Crippen LogP contribution in [0.15, 0.2) is 66.7 Å². The van der Waals surface area contributed by atoms with Gasteiger partial charge in [-0.15, -0.1) is 0 Å². The second-order valence-corrected chi connectivity index (χ2v) is 13.4. The maximum Gasteiger partial charge on any atom is 0.408 e. The Labute approximate surface area is 263 Å². The smallest absolute Gasteiger partial charge is 0.408 e. The van der Waals surface area contributed by atoms with Crippen LogP contribution in [-0.4, -0.2) is 40.5 Å². The first-order valence-corrected chi connectivity index (χ1v) is 15.9. The number of carbonyl (C=O) groups is 3. The number of benzene rings is 3. The Balaban J connectivity index is 2.10. The van der Waals surface area contributed by atoms with Gasteiger partial charge in [0.05, 0.1) is 0 Å². The van der Waals surface area contributed by atoms with Crippen molar-refractivity contribution in [3.05, 3.63) is 77.9 Å². The number of ether oxygens (including phenoxy) is 1. The number of nitrogens with zero attached hydrogens (tertiary/aromatic N) is 1. The monoisotopic (exact) mass is 601 g/mol. The van der Waals surface area contributed by atoms with Crippen LogP contribution in [0.5, 0.6) is 0 Å². The lowest BCUT2D eigenvalue weighted by atomic mass is 9.93. The molecular weight excluding hydrogens is 550 g/mol. The minimum Gasteiger partial charge on any atom is -0.444 e. The van der Waals surface area contributed by atoms with E-state index in [0.29, 0.717) is 30.0 Å². The number of hydrogen-bond donors (Lipinski definition) is 2. The van der Waals surface area contributed by atoms with E-state index in [1.807, 2.05) is 94.4 Å². The molecule has 3 aromatic rings. The van der Waals surface area contributed by atoms with Gasteiger partial charge in [0.25, 0.3) is 5.91 Å². The summed E-state index contributed by atoms with van der Waals surface area (Å²) in [5, 5.41) is 8.06. The van der Waals surface area contributed by atoms with E-state index >= 15 is 0 Å². The first-order valence-electron chi connectivity index (χ1n) is 15.9. The van der Waals surface area contributed by atoms with Crippen molar-refractivity contribution in [3.8, 4) is 0 Å². The molecule has 0 bridgehead atoms. The van der Waals surface area contributed by atoms with Gasteiger partial charge in [0.15, 0.2) is 0 Å². The molecule has 0 saturated carbocycles. The van der Waals surface area contributed by atoms with Crippen LogP contribution in [0.1, 0.15) is 91.8 Å². The van der Waals surface area contributed by atoms with Crippen molar-refractivity contribution >= 4 is 34.4 Å². The predicted molar refractivity (Wildman–Crippen MR) is 179 cm³/mol. The topological polar surface area (TPSA) is 87.7 Å². The largest absolute Gasteiger partial charge is 0.444 e. The van der Waals surface area contributed by atoms with Gasteiger partial charge in [-0.05, 0) is 87.8 Å². The number of carbonyl (C=O) groups excluding carboxylic acids is 3. The van der Waals surface area contributed by atoms with Crippen molar-refractivity contribution in [3.63, 3.8) is 0 Å². The fourth-order valence-corrected chi connectivity index (χ4v) is 5.26. The maximum absolute atomic E-state index is 14.7. The fraction of sp³-hybridized carbons (Fsp3) is 0.486. The minimum atomic E-state index is -0.927. The molecule has 2 N–H and O–H groups in total. The second kappa shape index (κ2) is 15.2. The van der Waals surface area contributed by atoms with Gasteiger partial charge < -0.3 is 20.3 Å². The van der Waals surface area contributed by atoms with E-state index in [1.165, 1.54) is 0 Å². The Morgan fingerprint density at radius 3 is 2.09 bits per heavy atom. The second-order valence-electron chi connectivity index (χ2n) is 13.4. The summed E-state index contributed by atoms with van der Waals surface area (Å²) < 4.78 is 5.55. The Kier molecular flexibility index (Phi) is 12.0. The molecule has 3 rings (SSSR count). The lowest BCUT2D eigenvalue weighted by Gasteiger charge is -2.40. The first-order chi connectivity index (χ1) is 20.7. The molecule has 0 spiro atoms. The summed E-state index contributed by atoms with van der Waals surface area (Å²) in [6, 6.07) is 19.4. The molecule has 0 saturated heterocycles. The van der Waals surface area contributed by atoms with Crippen molar-refractivity contribution in [2.45, 2.75) is 105 Å². The summed E-state index contributed by atoms with van der Waals surface area (Å²) >= 11 is 0. The SMILES string of the molecule is CCC(C)C(NC(=O)OC(C)(C)C)C(=O)N(C(C)CCC(C)C)C(C(=O)Nc1ccc2ccccc2c1)c1ccc(C)cc1. The van der Waals surface area contributed by atoms with E-state index in [2.05, 4.69) is 24.5 Å². The number of rotatable bonds is 12. The molecule has 44 heavy (non-hydrogen) atoms. The fourth-order valence-electron chi connectivity index (χ4n) is 5.26. The lowest BCUT2D eigenvalue weighted by Crippen LogP contribution is -2.57. The quantitative estimate of drug-likeness (QED) is 0.218. The third-order valence-corrected chi connectivity index (χ3v) is 7.98. The number of anilines is 1. The Morgan fingerprint density at radius 1 is 0.864 bits per heavy atom. The highest BCUT2D eigenvalue weighted by molar-refractivity contribution is 6.00. The summed E-state index contributed by atoms with van der Waals surface area (Å²) in [5.41, 5.74) is 1.69. The zero-order valence-electron chi connectivity index (χ0n) is 27.9. The molecule has 0 aliphatic carbocycles. The molecule has 0 fully saturated rings. The van der Waals surface area contributed by atoms with Crippen LogP contribution < -0.4 is 10.6 Å². The van der Waals surface area contributed by atoms with Gasteiger partial charge in [0.1, 0.15) is 17.7 Å². The molecular formula is C37H51N3O4. The van der Waals surface area contributed by atoms with Gasteiger partial charge >= 0.3 is 6.09 Å². The highest BCUT2D eigenvalue weighted by atomic mass is 16.6. The summed E-state index contributed by atoms with van der Waals surface area (Å²) in [4.78, 5) is 43.8. The molecule has 0 radical (unpaired) electrons. The lowest BCUT2D eigenvalue weighted by molar-refractivity contribution is -0.144. The number of amides is 3. The Morgan fingerprint density at radius 2 is 1.50 bits per heavy atom. The normalized spacial score (nSPS) is 14.4. The molecule has 4 atom stereocenters. The number of nitrogens with one attached hydrogen (secondary N) is 2. The first kappa shape index (κ1) is 34.6. The molecule has 7 heteroatoms. The summed E-state index contributed by atoms with van der Waals surface area (Å²) in [7, 11) is 0. The molecule has 3 amide bonds. The van der Waals surface area contributed by atoms with Crippen molar-refractivity contribution in [2.75, 3.05) is 5.32 Å². The van der Waals surface area contributed by atoms with Crippen LogP contribution in [0.4, 0.5) is 10.5 Å². The molecule has 4 unspecified atom stereocenters. The van der Waals surface area contributed by atoms with Crippen LogP contribution in [-0.2, 0) is 14.3 Å². The summed E-state index contributed by atoms with van der Waals surface area (Å²) in [6.45, 7) is 17.6. The van der Waals surface area contributed by atoms with Gasteiger partial charge in [-0.1, -0.05) is 94.3 Å². The number of alkyl carbamates (subject to hydrolysis) is 1. The van der Waals surface area contributed by atoms with Crippen molar-refractivity contribution in [1.82, 2.24) is 10.2 Å². The standard InChI is InChI=1S/C37H51N3O4/c1-10-26(5)32(39-36(43)44-37(7,8)9)35(42)40(27(6)18-15-24(2)3)33(29-19-16-25(4)17-20-29)34(41)38-31-22-21-28-13-11-12-14-30(28)23-31/h11-14,16-17,19-24,26-27,32-33H,10,15,18H2,1-9H3,(H,38,41)(H,39,43). The van der Waals surface area contributed by atoms with Gasteiger partial charge in [-0.25, -0.2) is 4.79 Å². The van der Waals surface area contributed by atoms with Gasteiger partial charge in [0.2, 0.25) is 5.91 Å². The average Bonchev–Trinajstić information content (AvgIpc) is 2.96. The van der Waals surface area contributed by atoms with Crippen molar-refractivity contribution < 1.29 is 19.1 Å². The average molecular weight is 602 g/mol. The minimum absolute atomic E-state index is 0.197. The van der Waals surface area contributed by atoms with E-state index in [0.717, 1.165) is 22.8 Å². The van der Waals surface area contributed by atoms with Gasteiger partial charge in [-0.3, -0.25) is 9.59 Å². The molecule has 0 aliphatic rings. The van der Waals surface area contributed by atoms with Crippen LogP contribution in [0, 0.1) is 18.8 Å². The molecule has 0 aliphatic heterocycles. The number of hydrogen-bond acceptors (Lipinski definition) is 4.